The van der Waals surface area contributed by atoms with E-state index in [-0.39, 0.29) is 4.47 Å². The summed E-state index contributed by atoms with van der Waals surface area (Å²) in [7, 11) is 1.31. The molecule has 0 aromatic carbocycles. The van der Waals surface area contributed by atoms with Crippen molar-refractivity contribution in [3.05, 3.63) is 21.6 Å². The lowest BCUT2D eigenvalue weighted by atomic mass is 10.3. The van der Waals surface area contributed by atoms with Crippen LogP contribution in [0.25, 0.3) is 11.5 Å². The Morgan fingerprint density at radius 3 is 2.91 bits per heavy atom. The van der Waals surface area contributed by atoms with Gasteiger partial charge in [0.05, 0.1) is 20.3 Å². The van der Waals surface area contributed by atoms with E-state index in [1.54, 1.807) is 6.20 Å². The molecule has 0 spiro atoms. The van der Waals surface area contributed by atoms with Gasteiger partial charge in [-0.05, 0) is 6.07 Å². The van der Waals surface area contributed by atoms with Crippen LogP contribution < -0.4 is 4.90 Å². The highest BCUT2D eigenvalue weighted by atomic mass is 35.5. The number of esters is 1. The summed E-state index contributed by atoms with van der Waals surface area (Å²) >= 11 is 6.97. The van der Waals surface area contributed by atoms with Crippen molar-refractivity contribution < 1.29 is 14.3 Å². The molecule has 3 rings (SSSR count). The first-order chi connectivity index (χ1) is 10.7. The van der Waals surface area contributed by atoms with Crippen LogP contribution in [0.2, 0.25) is 4.47 Å². The molecular formula is C13H13ClN4O3S. The minimum Gasteiger partial charge on any atom is -0.465 e. The van der Waals surface area contributed by atoms with Crippen molar-refractivity contribution in [2.24, 2.45) is 0 Å². The van der Waals surface area contributed by atoms with Crippen molar-refractivity contribution in [1.29, 1.82) is 0 Å². The summed E-state index contributed by atoms with van der Waals surface area (Å²) in [6, 6.07) is 1.82. The first-order valence-corrected chi connectivity index (χ1v) is 7.79. The Hall–Kier alpha value is -1.77. The Balaban J connectivity index is 1.97. The maximum Gasteiger partial charge on any atom is 0.350 e. The zero-order chi connectivity index (χ0) is 15.5. The fourth-order valence-corrected chi connectivity index (χ4v) is 3.13. The molecule has 1 fully saturated rings. The molecule has 3 heterocycles. The minimum atomic E-state index is -0.500. The second kappa shape index (κ2) is 6.55. The van der Waals surface area contributed by atoms with E-state index in [1.807, 2.05) is 6.07 Å². The molecule has 2 aromatic rings. The summed E-state index contributed by atoms with van der Waals surface area (Å²) in [5, 5.41) is 0. The number of thiazole rings is 1. The maximum atomic E-state index is 11.8. The highest BCUT2D eigenvalue weighted by molar-refractivity contribution is 7.17. The first kappa shape index (κ1) is 15.1. The third kappa shape index (κ3) is 3.03. The van der Waals surface area contributed by atoms with E-state index in [9.17, 15) is 4.79 Å². The Labute approximate surface area is 135 Å². The lowest BCUT2D eigenvalue weighted by Crippen LogP contribution is -2.36. The van der Waals surface area contributed by atoms with E-state index in [2.05, 4.69) is 19.9 Å². The highest BCUT2D eigenvalue weighted by Gasteiger charge is 2.22. The molecule has 22 heavy (non-hydrogen) atoms. The molecule has 0 aliphatic carbocycles. The van der Waals surface area contributed by atoms with Gasteiger partial charge in [-0.25, -0.2) is 19.7 Å². The number of anilines is 1. The molecule has 9 heteroatoms. The van der Waals surface area contributed by atoms with E-state index < -0.39 is 5.97 Å². The van der Waals surface area contributed by atoms with Crippen LogP contribution in [0.1, 0.15) is 9.67 Å². The summed E-state index contributed by atoms with van der Waals surface area (Å²) in [6.07, 6.45) is 1.64. The molecule has 0 radical (unpaired) electrons. The van der Waals surface area contributed by atoms with Gasteiger partial charge in [-0.15, -0.1) is 0 Å². The second-order valence-electron chi connectivity index (χ2n) is 4.47. The standard InChI is InChI=1S/C13H13ClN4O3S/c1-20-12(19)10-9(17-13(14)22-10)11-15-3-2-8(16-11)18-4-6-21-7-5-18/h2-3H,4-7H2,1H3. The summed E-state index contributed by atoms with van der Waals surface area (Å²) in [4.78, 5) is 27.1. The second-order valence-corrected chi connectivity index (χ2v) is 6.06. The number of morpholine rings is 1. The number of nitrogens with zero attached hydrogens (tertiary/aromatic N) is 4. The Morgan fingerprint density at radius 1 is 1.41 bits per heavy atom. The average molecular weight is 341 g/mol. The number of carbonyl (C=O) groups is 1. The van der Waals surface area contributed by atoms with Crippen LogP contribution in [0.4, 0.5) is 5.82 Å². The van der Waals surface area contributed by atoms with E-state index in [4.69, 9.17) is 21.1 Å². The zero-order valence-corrected chi connectivity index (χ0v) is 13.4. The molecule has 1 aliphatic rings. The quantitative estimate of drug-likeness (QED) is 0.789. The fourth-order valence-electron chi connectivity index (χ4n) is 2.11. The lowest BCUT2D eigenvalue weighted by Gasteiger charge is -2.27. The van der Waals surface area contributed by atoms with Gasteiger partial charge in [0, 0.05) is 19.3 Å². The first-order valence-electron chi connectivity index (χ1n) is 6.60. The van der Waals surface area contributed by atoms with Crippen molar-refractivity contribution in [3.8, 4) is 11.5 Å². The lowest BCUT2D eigenvalue weighted by molar-refractivity contribution is 0.0607. The van der Waals surface area contributed by atoms with Crippen molar-refractivity contribution in [1.82, 2.24) is 15.0 Å². The zero-order valence-electron chi connectivity index (χ0n) is 11.8. The summed E-state index contributed by atoms with van der Waals surface area (Å²) in [6.45, 7) is 2.85. The van der Waals surface area contributed by atoms with Gasteiger partial charge in [0.25, 0.3) is 0 Å². The van der Waals surface area contributed by atoms with Crippen LogP contribution in [-0.4, -0.2) is 54.3 Å². The smallest absolute Gasteiger partial charge is 0.350 e. The molecule has 0 atom stereocenters. The third-order valence-corrected chi connectivity index (χ3v) is 4.30. The van der Waals surface area contributed by atoms with Crippen molar-refractivity contribution >= 4 is 34.7 Å². The molecule has 0 unspecified atom stereocenters. The van der Waals surface area contributed by atoms with Crippen molar-refractivity contribution in [3.63, 3.8) is 0 Å². The van der Waals surface area contributed by atoms with Crippen LogP contribution in [0.15, 0.2) is 12.3 Å². The molecule has 7 nitrogen and oxygen atoms in total. The number of methoxy groups -OCH3 is 1. The molecule has 2 aromatic heterocycles. The molecule has 1 saturated heterocycles. The van der Waals surface area contributed by atoms with Crippen molar-refractivity contribution in [2.45, 2.75) is 0 Å². The van der Waals surface area contributed by atoms with Crippen LogP contribution in [0, 0.1) is 0 Å². The molecule has 0 N–H and O–H groups in total. The number of carbonyl (C=O) groups excluding carboxylic acids is 1. The molecular weight excluding hydrogens is 328 g/mol. The largest absolute Gasteiger partial charge is 0.465 e. The summed E-state index contributed by atoms with van der Waals surface area (Å²) in [5.74, 6) is 0.626. The van der Waals surface area contributed by atoms with Crippen LogP contribution in [0.5, 0.6) is 0 Å². The highest BCUT2D eigenvalue weighted by Crippen LogP contribution is 2.30. The van der Waals surface area contributed by atoms with Gasteiger partial charge in [-0.2, -0.15) is 0 Å². The van der Waals surface area contributed by atoms with Crippen molar-refractivity contribution in [2.75, 3.05) is 38.3 Å². The summed E-state index contributed by atoms with van der Waals surface area (Å²) in [5.41, 5.74) is 0.344. The maximum absolute atomic E-state index is 11.8. The SMILES string of the molecule is COC(=O)c1sc(Cl)nc1-c1nccc(N2CCOCC2)n1. The number of rotatable bonds is 3. The minimum absolute atomic E-state index is 0.246. The monoisotopic (exact) mass is 340 g/mol. The normalized spacial score (nSPS) is 14.9. The van der Waals surface area contributed by atoms with Gasteiger partial charge in [-0.3, -0.25) is 0 Å². The topological polar surface area (TPSA) is 77.4 Å². The molecule has 0 amide bonds. The Kier molecular flexibility index (Phi) is 4.51. The van der Waals surface area contributed by atoms with Gasteiger partial charge in [0.2, 0.25) is 0 Å². The van der Waals surface area contributed by atoms with Gasteiger partial charge in [-0.1, -0.05) is 22.9 Å². The Bertz CT molecular complexity index is 688. The number of hydrogen-bond donors (Lipinski definition) is 0. The van der Waals surface area contributed by atoms with Crippen LogP contribution in [-0.2, 0) is 9.47 Å². The summed E-state index contributed by atoms with van der Waals surface area (Å²) < 4.78 is 10.3. The van der Waals surface area contributed by atoms with E-state index >= 15 is 0 Å². The van der Waals surface area contributed by atoms with Gasteiger partial charge < -0.3 is 14.4 Å². The van der Waals surface area contributed by atoms with Gasteiger partial charge >= 0.3 is 5.97 Å². The molecule has 116 valence electrons. The van der Waals surface area contributed by atoms with E-state index in [0.717, 1.165) is 30.2 Å². The Morgan fingerprint density at radius 2 is 2.18 bits per heavy atom. The number of hydrogen-bond acceptors (Lipinski definition) is 8. The molecule has 0 bridgehead atoms. The van der Waals surface area contributed by atoms with Crippen LogP contribution >= 0.6 is 22.9 Å². The van der Waals surface area contributed by atoms with Gasteiger partial charge in [0.1, 0.15) is 16.4 Å². The third-order valence-electron chi connectivity index (χ3n) is 3.16. The predicted molar refractivity (Wildman–Crippen MR) is 82.5 cm³/mol. The van der Waals surface area contributed by atoms with Gasteiger partial charge in [0.15, 0.2) is 10.3 Å². The average Bonchev–Trinajstić information content (AvgIpc) is 2.97. The predicted octanol–water partition coefficient (Wildman–Crippen LogP) is 1.88. The number of aromatic nitrogens is 3. The number of halogens is 1. The van der Waals surface area contributed by atoms with E-state index in [0.29, 0.717) is 29.6 Å². The number of ether oxygens (including phenoxy) is 2. The van der Waals surface area contributed by atoms with Crippen LogP contribution in [0.3, 0.4) is 0 Å². The van der Waals surface area contributed by atoms with E-state index in [1.165, 1.54) is 7.11 Å². The fraction of sp³-hybridized carbons (Fsp3) is 0.385. The molecule has 0 saturated carbocycles. The molecule has 1 aliphatic heterocycles.